The number of thioether (sulfide) groups is 1. The molecule has 2 aliphatic heterocycles. The zero-order valence-corrected chi connectivity index (χ0v) is 12.2. The summed E-state index contributed by atoms with van der Waals surface area (Å²) < 4.78 is 5.49. The molecular weight excluding hydrogens is 292 g/mol. The Balaban J connectivity index is 1.92. The maximum atomic E-state index is 6.35. The molecule has 0 atom stereocenters. The number of hydrogen-bond acceptors (Lipinski definition) is 4. The second kappa shape index (κ2) is 4.43. The molecule has 5 heteroatoms. The molecule has 0 unspecified atom stereocenters. The molecule has 3 heterocycles. The molecule has 1 aromatic carbocycles. The van der Waals surface area contributed by atoms with Gasteiger partial charge in [0, 0.05) is 22.4 Å². The summed E-state index contributed by atoms with van der Waals surface area (Å²) in [5.74, 6) is 0. The number of aliphatic imine (C=N–C) groups is 1. The van der Waals surface area contributed by atoms with Crippen molar-refractivity contribution in [3.63, 3.8) is 0 Å². The Labute approximate surface area is 125 Å². The largest absolute Gasteiger partial charge is 0.464 e. The molecule has 100 valence electrons. The van der Waals surface area contributed by atoms with E-state index >= 15 is 0 Å². The van der Waals surface area contributed by atoms with Gasteiger partial charge in [-0.25, -0.2) is 0 Å². The second-order valence-electron chi connectivity index (χ2n) is 4.63. The predicted octanol–water partition coefficient (Wildman–Crippen LogP) is 4.36. The van der Waals surface area contributed by atoms with Gasteiger partial charge in [0.15, 0.2) is 5.17 Å². The quantitative estimate of drug-likeness (QED) is 0.825. The van der Waals surface area contributed by atoms with Gasteiger partial charge in [-0.1, -0.05) is 24.3 Å². The van der Waals surface area contributed by atoms with Gasteiger partial charge in [-0.15, -0.1) is 0 Å². The first-order chi connectivity index (χ1) is 9.78. The highest BCUT2D eigenvalue weighted by Crippen LogP contribution is 2.43. The molecule has 0 saturated carbocycles. The van der Waals surface area contributed by atoms with E-state index in [1.807, 2.05) is 24.3 Å². The fourth-order valence-corrected chi connectivity index (χ4v) is 3.93. The zero-order chi connectivity index (χ0) is 13.7. The summed E-state index contributed by atoms with van der Waals surface area (Å²) in [5, 5.41) is 2.69. The smallest absolute Gasteiger partial charge is 0.168 e. The average Bonchev–Trinajstić information content (AvgIpc) is 3.12. The number of halogens is 1. The van der Waals surface area contributed by atoms with Crippen LogP contribution in [-0.2, 0) is 0 Å². The molecule has 2 aliphatic rings. The third-order valence-corrected chi connectivity index (χ3v) is 4.91. The monoisotopic (exact) mass is 302 g/mol. The van der Waals surface area contributed by atoms with Crippen LogP contribution in [0.4, 0.5) is 0 Å². The van der Waals surface area contributed by atoms with E-state index in [1.165, 1.54) is 0 Å². The van der Waals surface area contributed by atoms with Gasteiger partial charge in [-0.2, -0.15) is 0 Å². The van der Waals surface area contributed by atoms with Crippen LogP contribution < -0.4 is 0 Å². The molecule has 0 fully saturated rings. The van der Waals surface area contributed by atoms with Gasteiger partial charge in [0.1, 0.15) is 5.58 Å². The van der Waals surface area contributed by atoms with E-state index < -0.39 is 0 Å². The Hall–Kier alpha value is -1.65. The first-order valence-electron chi connectivity index (χ1n) is 6.31. The summed E-state index contributed by atoms with van der Waals surface area (Å²) in [4.78, 5) is 7.85. The lowest BCUT2D eigenvalue weighted by molar-refractivity contribution is 0.615. The van der Waals surface area contributed by atoms with Crippen LogP contribution in [-0.4, -0.2) is 23.2 Å². The molecule has 0 spiro atoms. The van der Waals surface area contributed by atoms with Gasteiger partial charge in [0.05, 0.1) is 23.5 Å². The van der Waals surface area contributed by atoms with Crippen LogP contribution in [0.15, 0.2) is 51.4 Å². The lowest BCUT2D eigenvalue weighted by Gasteiger charge is -2.17. The Morgan fingerprint density at radius 1 is 1.45 bits per heavy atom. The Bertz CT molecular complexity index is 790. The lowest BCUT2D eigenvalue weighted by atomic mass is 10.1. The van der Waals surface area contributed by atoms with Gasteiger partial charge in [-0.05, 0) is 30.0 Å². The molecule has 0 amide bonds. The average molecular weight is 303 g/mol. The summed E-state index contributed by atoms with van der Waals surface area (Å²) in [7, 11) is 0. The number of amidine groups is 1. The molecule has 4 rings (SSSR count). The van der Waals surface area contributed by atoms with Crippen LogP contribution in [0.5, 0.6) is 0 Å². The molecule has 3 nitrogen and oxygen atoms in total. The maximum Gasteiger partial charge on any atom is 0.168 e. The minimum Gasteiger partial charge on any atom is -0.464 e. The van der Waals surface area contributed by atoms with Crippen molar-refractivity contribution in [1.29, 1.82) is 0 Å². The third-order valence-electron chi connectivity index (χ3n) is 3.49. The minimum absolute atomic E-state index is 0.705. The van der Waals surface area contributed by atoms with Crippen LogP contribution in [0.3, 0.4) is 0 Å². The fourth-order valence-electron chi connectivity index (χ4n) is 2.60. The maximum absolute atomic E-state index is 6.35. The van der Waals surface area contributed by atoms with Gasteiger partial charge in [-0.3, -0.25) is 4.99 Å². The third kappa shape index (κ3) is 1.65. The number of nitrogens with zero attached hydrogens (tertiary/aromatic N) is 2. The van der Waals surface area contributed by atoms with E-state index in [0.29, 0.717) is 5.02 Å². The number of benzene rings is 1. The summed E-state index contributed by atoms with van der Waals surface area (Å²) in [6.07, 6.45) is 3.54. The number of rotatable bonds is 2. The van der Waals surface area contributed by atoms with Crippen LogP contribution in [0, 0.1) is 0 Å². The summed E-state index contributed by atoms with van der Waals surface area (Å²) in [6.45, 7) is 5.65. The first kappa shape index (κ1) is 12.1. The summed E-state index contributed by atoms with van der Waals surface area (Å²) in [6, 6.07) is 5.90. The topological polar surface area (TPSA) is 28.7 Å². The molecule has 20 heavy (non-hydrogen) atoms. The van der Waals surface area contributed by atoms with Crippen molar-refractivity contribution in [2.24, 2.45) is 4.99 Å². The SMILES string of the molecule is C=CC1=C(c2cc(Cl)c3ccoc3c2)N2CCN=C2S1. The second-order valence-corrected chi connectivity index (χ2v) is 6.04. The van der Waals surface area contributed by atoms with E-state index in [-0.39, 0.29) is 0 Å². The van der Waals surface area contributed by atoms with Crippen molar-refractivity contribution in [3.05, 3.63) is 52.6 Å². The van der Waals surface area contributed by atoms with E-state index in [9.17, 15) is 0 Å². The van der Waals surface area contributed by atoms with Crippen molar-refractivity contribution < 1.29 is 4.42 Å². The van der Waals surface area contributed by atoms with Gasteiger partial charge < -0.3 is 9.32 Å². The van der Waals surface area contributed by atoms with Crippen molar-refractivity contribution in [2.45, 2.75) is 0 Å². The molecule has 0 saturated heterocycles. The minimum atomic E-state index is 0.705. The Morgan fingerprint density at radius 3 is 3.20 bits per heavy atom. The van der Waals surface area contributed by atoms with E-state index in [0.717, 1.165) is 45.4 Å². The van der Waals surface area contributed by atoms with Gasteiger partial charge >= 0.3 is 0 Å². The number of furan rings is 1. The highest BCUT2D eigenvalue weighted by Gasteiger charge is 2.32. The van der Waals surface area contributed by atoms with Crippen LogP contribution in [0.2, 0.25) is 5.02 Å². The summed E-state index contributed by atoms with van der Waals surface area (Å²) >= 11 is 8.01. The van der Waals surface area contributed by atoms with Crippen molar-refractivity contribution in [1.82, 2.24) is 4.90 Å². The first-order valence-corrected chi connectivity index (χ1v) is 7.51. The molecule has 0 bridgehead atoms. The molecular formula is C15H11ClN2OS. The van der Waals surface area contributed by atoms with Gasteiger partial charge in [0.25, 0.3) is 0 Å². The fraction of sp³-hybridized carbons (Fsp3) is 0.133. The Kier molecular flexibility index (Phi) is 2.69. The Morgan fingerprint density at radius 2 is 2.35 bits per heavy atom. The van der Waals surface area contributed by atoms with Gasteiger partial charge in [0.2, 0.25) is 0 Å². The highest BCUT2D eigenvalue weighted by atomic mass is 35.5. The number of fused-ring (bicyclic) bond motifs is 2. The molecule has 0 radical (unpaired) electrons. The van der Waals surface area contributed by atoms with E-state index in [1.54, 1.807) is 18.0 Å². The molecule has 1 aromatic heterocycles. The van der Waals surface area contributed by atoms with Crippen LogP contribution >= 0.6 is 23.4 Å². The highest BCUT2D eigenvalue weighted by molar-refractivity contribution is 8.17. The standard InChI is InChI=1S/C15H11ClN2OS/c1-2-13-14(18-5-4-17-15(18)20-13)9-7-11(16)10-3-6-19-12(10)8-9/h2-3,6-8H,1,4-5H2. The van der Waals surface area contributed by atoms with Crippen LogP contribution in [0.25, 0.3) is 16.7 Å². The number of hydrogen-bond donors (Lipinski definition) is 0. The molecule has 2 aromatic rings. The van der Waals surface area contributed by atoms with Crippen molar-refractivity contribution >= 4 is 45.2 Å². The summed E-state index contributed by atoms with van der Waals surface area (Å²) in [5.41, 5.74) is 2.98. The normalized spacial score (nSPS) is 17.9. The lowest BCUT2D eigenvalue weighted by Crippen LogP contribution is -2.19. The van der Waals surface area contributed by atoms with Crippen molar-refractivity contribution in [3.8, 4) is 0 Å². The predicted molar refractivity (Wildman–Crippen MR) is 84.9 cm³/mol. The van der Waals surface area contributed by atoms with Crippen LogP contribution in [0.1, 0.15) is 5.56 Å². The van der Waals surface area contributed by atoms with E-state index in [4.69, 9.17) is 16.0 Å². The van der Waals surface area contributed by atoms with Crippen molar-refractivity contribution in [2.75, 3.05) is 13.1 Å². The van der Waals surface area contributed by atoms with E-state index in [2.05, 4.69) is 16.5 Å². The number of allylic oxidation sites excluding steroid dienone is 1. The zero-order valence-electron chi connectivity index (χ0n) is 10.6. The molecule has 0 aliphatic carbocycles. The molecule has 0 N–H and O–H groups in total.